The molecule has 0 radical (unpaired) electrons. The van der Waals surface area contributed by atoms with Crippen molar-refractivity contribution in [3.8, 4) is 11.4 Å². The molecule has 4 atom stereocenters. The van der Waals surface area contributed by atoms with E-state index < -0.39 is 0 Å². The molecule has 36 heavy (non-hydrogen) atoms. The quantitative estimate of drug-likeness (QED) is 0.315. The number of nitrogens with one attached hydrogen (secondary N) is 3. The van der Waals surface area contributed by atoms with Crippen LogP contribution >= 0.6 is 0 Å². The largest absolute Gasteiger partial charge is 0.349 e. The predicted octanol–water partition coefficient (Wildman–Crippen LogP) is 6.69. The van der Waals surface area contributed by atoms with E-state index >= 15 is 0 Å². The van der Waals surface area contributed by atoms with Crippen molar-refractivity contribution >= 4 is 28.5 Å². The summed E-state index contributed by atoms with van der Waals surface area (Å²) < 4.78 is 0. The molecular weight excluding hydrogens is 448 g/mol. The molecule has 5 rings (SSSR count). The normalized spacial score (nSPS) is 21.9. The Morgan fingerprint density at radius 2 is 1.81 bits per heavy atom. The third kappa shape index (κ3) is 5.32. The minimum Gasteiger partial charge on any atom is -0.349 e. The molecule has 2 saturated carbocycles. The van der Waals surface area contributed by atoms with Crippen molar-refractivity contribution in [2.45, 2.75) is 77.7 Å². The minimum absolute atomic E-state index is 0.0126. The average Bonchev–Trinajstić information content (AvgIpc) is 3.30. The standard InChI is InChI=1S/C30H38N4O2/c1-3-5-6-19(4-2)29(35)32-25-15-16-26-27(18-25)34-28(33-26)21-8-10-22(11-9-21)30(36)31-24-14-13-20-7-12-23(20)17-24/h8-11,15-16,18-20,23-24H,3-7,12-14,17H2,1-2H3,(H,31,36)(H,32,35)(H,33,34). The molecule has 0 spiro atoms. The van der Waals surface area contributed by atoms with Crippen LogP contribution in [0.15, 0.2) is 42.5 Å². The summed E-state index contributed by atoms with van der Waals surface area (Å²) >= 11 is 0. The molecular formula is C30H38N4O2. The van der Waals surface area contributed by atoms with Crippen molar-refractivity contribution in [1.82, 2.24) is 15.3 Å². The van der Waals surface area contributed by atoms with Gasteiger partial charge in [-0.1, -0.05) is 38.8 Å². The first kappa shape index (κ1) is 24.5. The molecule has 1 aromatic heterocycles. The molecule has 2 fully saturated rings. The molecule has 3 N–H and O–H groups in total. The highest BCUT2D eigenvalue weighted by atomic mass is 16.2. The molecule has 3 aromatic rings. The van der Waals surface area contributed by atoms with Crippen LogP contribution in [0.1, 0.15) is 82.0 Å². The average molecular weight is 487 g/mol. The number of anilines is 1. The number of hydrogen-bond donors (Lipinski definition) is 3. The van der Waals surface area contributed by atoms with Crippen LogP contribution in [-0.4, -0.2) is 27.8 Å². The summed E-state index contributed by atoms with van der Waals surface area (Å²) in [5.41, 5.74) is 4.10. The van der Waals surface area contributed by atoms with Crippen molar-refractivity contribution in [2.75, 3.05) is 5.32 Å². The van der Waals surface area contributed by atoms with E-state index in [0.29, 0.717) is 11.6 Å². The lowest BCUT2D eigenvalue weighted by atomic mass is 9.64. The van der Waals surface area contributed by atoms with Crippen LogP contribution in [0.25, 0.3) is 22.4 Å². The van der Waals surface area contributed by atoms with Crippen LogP contribution in [0, 0.1) is 17.8 Å². The number of carbonyl (C=O) groups excluding carboxylic acids is 2. The Labute approximate surface area is 213 Å². The van der Waals surface area contributed by atoms with Crippen molar-refractivity contribution < 1.29 is 9.59 Å². The lowest BCUT2D eigenvalue weighted by Gasteiger charge is -2.44. The lowest BCUT2D eigenvalue weighted by Crippen LogP contribution is -2.43. The van der Waals surface area contributed by atoms with Gasteiger partial charge in [0.25, 0.3) is 5.91 Å². The molecule has 6 nitrogen and oxygen atoms in total. The van der Waals surface area contributed by atoms with E-state index in [-0.39, 0.29) is 17.7 Å². The van der Waals surface area contributed by atoms with Crippen molar-refractivity contribution in [3.05, 3.63) is 48.0 Å². The summed E-state index contributed by atoms with van der Waals surface area (Å²) in [7, 11) is 0. The van der Waals surface area contributed by atoms with Crippen LogP contribution in [0.5, 0.6) is 0 Å². The van der Waals surface area contributed by atoms with Gasteiger partial charge in [-0.3, -0.25) is 9.59 Å². The van der Waals surface area contributed by atoms with Crippen LogP contribution in [0.2, 0.25) is 0 Å². The molecule has 2 aliphatic carbocycles. The van der Waals surface area contributed by atoms with E-state index in [1.54, 1.807) is 0 Å². The van der Waals surface area contributed by atoms with Gasteiger partial charge in [-0.25, -0.2) is 4.98 Å². The number of amides is 2. The Morgan fingerprint density at radius 1 is 1.03 bits per heavy atom. The topological polar surface area (TPSA) is 86.9 Å². The first-order valence-corrected chi connectivity index (χ1v) is 13.8. The Balaban J connectivity index is 1.23. The van der Waals surface area contributed by atoms with E-state index in [1.165, 1.54) is 19.3 Å². The minimum atomic E-state index is 0.0126. The van der Waals surface area contributed by atoms with Gasteiger partial charge < -0.3 is 15.6 Å². The molecule has 0 aliphatic heterocycles. The van der Waals surface area contributed by atoms with Gasteiger partial charge in [-0.15, -0.1) is 0 Å². The molecule has 4 unspecified atom stereocenters. The number of rotatable bonds is 9. The number of unbranched alkanes of at least 4 members (excludes halogenated alkanes) is 1. The monoisotopic (exact) mass is 486 g/mol. The van der Waals surface area contributed by atoms with Crippen molar-refractivity contribution in [3.63, 3.8) is 0 Å². The highest BCUT2D eigenvalue weighted by Gasteiger charge is 2.37. The van der Waals surface area contributed by atoms with Gasteiger partial charge in [0.1, 0.15) is 5.82 Å². The third-order valence-corrected chi connectivity index (χ3v) is 8.32. The molecule has 0 saturated heterocycles. The number of carbonyl (C=O) groups is 2. The predicted molar refractivity (Wildman–Crippen MR) is 145 cm³/mol. The fraction of sp³-hybridized carbons (Fsp3) is 0.500. The summed E-state index contributed by atoms with van der Waals surface area (Å²) in [5.74, 6) is 2.62. The number of aromatic nitrogens is 2. The number of hydrogen-bond acceptors (Lipinski definition) is 3. The second-order valence-electron chi connectivity index (χ2n) is 10.7. The van der Waals surface area contributed by atoms with Gasteiger partial charge in [0, 0.05) is 28.8 Å². The highest BCUT2D eigenvalue weighted by Crippen LogP contribution is 2.44. The Kier molecular flexibility index (Phi) is 7.40. The van der Waals surface area contributed by atoms with Gasteiger partial charge in [0.2, 0.25) is 5.91 Å². The zero-order valence-corrected chi connectivity index (χ0v) is 21.5. The number of fused-ring (bicyclic) bond motifs is 2. The zero-order chi connectivity index (χ0) is 25.1. The van der Waals surface area contributed by atoms with E-state index in [0.717, 1.165) is 78.5 Å². The number of imidazole rings is 1. The summed E-state index contributed by atoms with van der Waals surface area (Å²) in [6.45, 7) is 4.22. The van der Waals surface area contributed by atoms with Crippen LogP contribution < -0.4 is 10.6 Å². The lowest BCUT2D eigenvalue weighted by molar-refractivity contribution is -0.120. The van der Waals surface area contributed by atoms with E-state index in [1.807, 2.05) is 42.5 Å². The third-order valence-electron chi connectivity index (χ3n) is 8.32. The van der Waals surface area contributed by atoms with Crippen molar-refractivity contribution in [2.24, 2.45) is 17.8 Å². The maximum Gasteiger partial charge on any atom is 0.251 e. The Morgan fingerprint density at radius 3 is 2.50 bits per heavy atom. The van der Waals surface area contributed by atoms with Gasteiger partial charge in [-0.2, -0.15) is 0 Å². The zero-order valence-electron chi connectivity index (χ0n) is 21.5. The maximum atomic E-state index is 12.8. The smallest absolute Gasteiger partial charge is 0.251 e. The first-order chi connectivity index (χ1) is 17.5. The summed E-state index contributed by atoms with van der Waals surface area (Å²) in [6, 6.07) is 13.7. The Hall–Kier alpha value is -3.15. The van der Waals surface area contributed by atoms with Crippen LogP contribution in [0.3, 0.4) is 0 Å². The molecule has 2 aromatic carbocycles. The van der Waals surface area contributed by atoms with Crippen LogP contribution in [0.4, 0.5) is 5.69 Å². The Bertz CT molecular complexity index is 1220. The fourth-order valence-electron chi connectivity index (χ4n) is 5.85. The summed E-state index contributed by atoms with van der Waals surface area (Å²) in [6.07, 6.45) is 10.1. The van der Waals surface area contributed by atoms with Gasteiger partial charge in [0.15, 0.2) is 0 Å². The van der Waals surface area contributed by atoms with Crippen molar-refractivity contribution in [1.29, 1.82) is 0 Å². The second kappa shape index (κ2) is 10.9. The van der Waals surface area contributed by atoms with Crippen LogP contribution in [-0.2, 0) is 4.79 Å². The molecule has 1 heterocycles. The molecule has 6 heteroatoms. The molecule has 2 aliphatic rings. The SMILES string of the molecule is CCCCC(CC)C(=O)Nc1ccc2nc(-c3ccc(C(=O)NC4CCC5CCC5C4)cc3)[nH]c2c1. The van der Waals surface area contributed by atoms with E-state index in [2.05, 4.69) is 29.5 Å². The first-order valence-electron chi connectivity index (χ1n) is 13.8. The summed E-state index contributed by atoms with van der Waals surface area (Å²) in [4.78, 5) is 33.6. The van der Waals surface area contributed by atoms with E-state index in [9.17, 15) is 9.59 Å². The molecule has 190 valence electrons. The molecule has 2 amide bonds. The molecule has 0 bridgehead atoms. The van der Waals surface area contributed by atoms with Gasteiger partial charge >= 0.3 is 0 Å². The number of benzene rings is 2. The maximum absolute atomic E-state index is 12.8. The summed E-state index contributed by atoms with van der Waals surface area (Å²) in [5, 5.41) is 6.32. The number of nitrogens with zero attached hydrogens (tertiary/aromatic N) is 1. The van der Waals surface area contributed by atoms with Gasteiger partial charge in [-0.05, 0) is 87.1 Å². The second-order valence-corrected chi connectivity index (χ2v) is 10.7. The number of aromatic amines is 1. The number of H-pyrrole nitrogens is 1. The van der Waals surface area contributed by atoms with E-state index in [4.69, 9.17) is 4.98 Å². The highest BCUT2D eigenvalue weighted by molar-refractivity contribution is 5.96. The van der Waals surface area contributed by atoms with Gasteiger partial charge in [0.05, 0.1) is 11.0 Å². The fourth-order valence-corrected chi connectivity index (χ4v) is 5.85.